The maximum Gasteiger partial charge on any atom is 0.258 e. The van der Waals surface area contributed by atoms with Crippen LogP contribution in [0.3, 0.4) is 0 Å². The Morgan fingerprint density at radius 1 is 1.09 bits per heavy atom. The molecule has 0 aliphatic carbocycles. The van der Waals surface area contributed by atoms with Crippen molar-refractivity contribution >= 4 is 22.6 Å². The van der Waals surface area contributed by atoms with Crippen LogP contribution < -0.4 is 10.1 Å². The van der Waals surface area contributed by atoms with Crippen molar-refractivity contribution in [2.45, 2.75) is 18.9 Å². The largest absolute Gasteiger partial charge is 0.492 e. The van der Waals surface area contributed by atoms with E-state index < -0.39 is 5.54 Å². The molecule has 2 heterocycles. The summed E-state index contributed by atoms with van der Waals surface area (Å²) in [5.74, 6) is 1.80. The predicted octanol–water partition coefficient (Wildman–Crippen LogP) is 3.99. The summed E-state index contributed by atoms with van der Waals surface area (Å²) in [4.78, 5) is 4.49. The van der Waals surface area contributed by atoms with Crippen LogP contribution in [-0.2, 0) is 5.54 Å². The van der Waals surface area contributed by atoms with Crippen LogP contribution in [0.1, 0.15) is 19.1 Å². The summed E-state index contributed by atoms with van der Waals surface area (Å²) in [7, 11) is 1.65. The van der Waals surface area contributed by atoms with Crippen LogP contribution in [0.5, 0.6) is 5.75 Å². The molecule has 2 aromatic carbocycles. The van der Waals surface area contributed by atoms with Crippen molar-refractivity contribution in [1.29, 1.82) is 0 Å². The number of aliphatic hydroxyl groups excluding tert-OH is 2. The minimum Gasteiger partial charge on any atom is -0.492 e. The highest BCUT2D eigenvalue weighted by Gasteiger charge is 2.33. The van der Waals surface area contributed by atoms with Gasteiger partial charge in [0.15, 0.2) is 0 Å². The Balaban J connectivity index is 1.63. The third kappa shape index (κ3) is 4.10. The first kappa shape index (κ1) is 22.3. The lowest BCUT2D eigenvalue weighted by Gasteiger charge is -2.26. The van der Waals surface area contributed by atoms with Gasteiger partial charge in [0.2, 0.25) is 5.82 Å². The summed E-state index contributed by atoms with van der Waals surface area (Å²) < 4.78 is 16.9. The maximum absolute atomic E-state index is 9.75. The number of furan rings is 1. The lowest BCUT2D eigenvalue weighted by atomic mass is 9.98. The second kappa shape index (κ2) is 9.30. The fourth-order valence-electron chi connectivity index (χ4n) is 3.33. The van der Waals surface area contributed by atoms with Gasteiger partial charge in [0.05, 0.1) is 24.8 Å². The molecule has 3 N–H and O–H groups in total. The van der Waals surface area contributed by atoms with E-state index in [9.17, 15) is 10.2 Å². The fraction of sp³-hybridized carbons (Fsp3) is 0.304. The number of aliphatic hydroxyl groups is 2. The molecular weight excluding hydrogens is 434 g/mol. The highest BCUT2D eigenvalue weighted by Crippen LogP contribution is 2.33. The molecule has 0 spiro atoms. The van der Waals surface area contributed by atoms with Crippen LogP contribution in [0.25, 0.3) is 33.8 Å². The van der Waals surface area contributed by atoms with E-state index in [2.05, 4.69) is 15.5 Å². The third-order valence-corrected chi connectivity index (χ3v) is 5.63. The topological polar surface area (TPSA) is 114 Å². The SMILES string of the molecule is CCCOc1ccc(-c2nc(-c3ccc4oc(C(CO)(CO)NC)cc4c3)no2)cc1Cl. The monoisotopic (exact) mass is 457 g/mol. The van der Waals surface area contributed by atoms with Crippen LogP contribution in [0, 0.1) is 0 Å². The zero-order valence-electron chi connectivity index (χ0n) is 17.8. The van der Waals surface area contributed by atoms with Crippen molar-refractivity contribution in [3.05, 3.63) is 53.2 Å². The molecule has 4 rings (SSSR count). The molecule has 32 heavy (non-hydrogen) atoms. The van der Waals surface area contributed by atoms with Crippen molar-refractivity contribution in [1.82, 2.24) is 15.5 Å². The Kier molecular flexibility index (Phi) is 6.48. The highest BCUT2D eigenvalue weighted by atomic mass is 35.5. The highest BCUT2D eigenvalue weighted by molar-refractivity contribution is 6.32. The van der Waals surface area contributed by atoms with E-state index in [4.69, 9.17) is 25.3 Å². The first-order valence-corrected chi connectivity index (χ1v) is 10.6. The van der Waals surface area contributed by atoms with E-state index in [1.165, 1.54) is 0 Å². The van der Waals surface area contributed by atoms with Crippen molar-refractivity contribution < 1.29 is 23.9 Å². The minimum absolute atomic E-state index is 0.314. The van der Waals surface area contributed by atoms with Crippen molar-refractivity contribution in [3.8, 4) is 28.6 Å². The smallest absolute Gasteiger partial charge is 0.258 e. The normalized spacial score (nSPS) is 11.9. The molecule has 4 aromatic rings. The molecule has 9 heteroatoms. The van der Waals surface area contributed by atoms with Gasteiger partial charge in [0, 0.05) is 16.5 Å². The Bertz CT molecular complexity index is 1210. The molecular formula is C23H24ClN3O5. The van der Waals surface area contributed by atoms with Crippen molar-refractivity contribution in [2.75, 3.05) is 26.9 Å². The Hall–Kier alpha value is -2.91. The van der Waals surface area contributed by atoms with E-state index in [0.717, 1.165) is 17.4 Å². The lowest BCUT2D eigenvalue weighted by molar-refractivity contribution is 0.0804. The Morgan fingerprint density at radius 2 is 1.88 bits per heavy atom. The summed E-state index contributed by atoms with van der Waals surface area (Å²) in [6.45, 7) is 1.99. The van der Waals surface area contributed by atoms with Gasteiger partial charge in [-0.25, -0.2) is 0 Å². The molecule has 8 nitrogen and oxygen atoms in total. The molecule has 0 amide bonds. The summed E-state index contributed by atoms with van der Waals surface area (Å²) in [6, 6.07) is 12.6. The number of nitrogens with one attached hydrogen (secondary N) is 1. The molecule has 0 unspecified atom stereocenters. The second-order valence-corrected chi connectivity index (χ2v) is 7.84. The predicted molar refractivity (Wildman–Crippen MR) is 121 cm³/mol. The number of benzene rings is 2. The van der Waals surface area contributed by atoms with Crippen molar-refractivity contribution in [2.24, 2.45) is 0 Å². The van der Waals surface area contributed by atoms with Crippen LogP contribution in [0.15, 0.2) is 51.4 Å². The standard InChI is InChI=1S/C23H24ClN3O5/c1-3-8-30-19-7-5-15(10-17(19)24)22-26-21(27-32-22)14-4-6-18-16(9-14)11-20(31-18)23(12-28,13-29)25-2/h4-7,9-11,25,28-29H,3,8,12-13H2,1-2H3. The van der Waals surface area contributed by atoms with Gasteiger partial charge in [-0.2, -0.15) is 4.98 Å². The number of rotatable bonds is 9. The zero-order chi connectivity index (χ0) is 22.7. The van der Waals surface area contributed by atoms with Gasteiger partial charge in [0.25, 0.3) is 5.89 Å². The van der Waals surface area contributed by atoms with Crippen LogP contribution in [0.2, 0.25) is 5.02 Å². The summed E-state index contributed by atoms with van der Waals surface area (Å²) in [5.41, 5.74) is 0.972. The molecule has 0 fully saturated rings. The maximum atomic E-state index is 9.75. The number of ether oxygens (including phenoxy) is 1. The second-order valence-electron chi connectivity index (χ2n) is 7.43. The number of halogens is 1. The van der Waals surface area contributed by atoms with E-state index in [1.54, 1.807) is 31.3 Å². The molecule has 0 aliphatic rings. The average molecular weight is 458 g/mol. The molecule has 0 bridgehead atoms. The van der Waals surface area contributed by atoms with Crippen LogP contribution in [0.4, 0.5) is 0 Å². The third-order valence-electron chi connectivity index (χ3n) is 5.33. The van der Waals surface area contributed by atoms with E-state index >= 15 is 0 Å². The Labute approximate surface area is 189 Å². The molecule has 0 atom stereocenters. The minimum atomic E-state index is -1.06. The molecule has 168 valence electrons. The first-order chi connectivity index (χ1) is 15.5. The molecule has 0 radical (unpaired) electrons. The summed E-state index contributed by atoms with van der Waals surface area (Å²) in [5, 5.41) is 27.8. The van der Waals surface area contributed by atoms with Gasteiger partial charge in [-0.1, -0.05) is 23.7 Å². The number of hydrogen-bond donors (Lipinski definition) is 3. The molecule has 0 saturated heterocycles. The zero-order valence-corrected chi connectivity index (χ0v) is 18.5. The Morgan fingerprint density at radius 3 is 2.56 bits per heavy atom. The first-order valence-electron chi connectivity index (χ1n) is 10.2. The number of fused-ring (bicyclic) bond motifs is 1. The van der Waals surface area contributed by atoms with Gasteiger partial charge in [0.1, 0.15) is 22.6 Å². The fourth-order valence-corrected chi connectivity index (χ4v) is 3.56. The molecule has 2 aromatic heterocycles. The summed E-state index contributed by atoms with van der Waals surface area (Å²) >= 11 is 6.31. The average Bonchev–Trinajstić information content (AvgIpc) is 3.47. The van der Waals surface area contributed by atoms with Gasteiger partial charge in [-0.05, 0) is 55.9 Å². The lowest BCUT2D eigenvalue weighted by Crippen LogP contribution is -2.46. The summed E-state index contributed by atoms with van der Waals surface area (Å²) in [6.07, 6.45) is 0.892. The van der Waals surface area contributed by atoms with Gasteiger partial charge < -0.3 is 29.2 Å². The van der Waals surface area contributed by atoms with Gasteiger partial charge >= 0.3 is 0 Å². The van der Waals surface area contributed by atoms with Crippen LogP contribution in [-0.4, -0.2) is 47.2 Å². The van der Waals surface area contributed by atoms with Gasteiger partial charge in [-0.15, -0.1) is 0 Å². The van der Waals surface area contributed by atoms with E-state index in [-0.39, 0.29) is 13.2 Å². The van der Waals surface area contributed by atoms with Gasteiger partial charge in [-0.3, -0.25) is 0 Å². The molecule has 0 saturated carbocycles. The van der Waals surface area contributed by atoms with Crippen molar-refractivity contribution in [3.63, 3.8) is 0 Å². The number of hydrogen-bond acceptors (Lipinski definition) is 8. The number of aromatic nitrogens is 2. The van der Waals surface area contributed by atoms with E-state index in [0.29, 0.717) is 46.0 Å². The number of likely N-dealkylation sites (N-methyl/N-ethyl adjacent to an activating group) is 1. The number of nitrogens with zero attached hydrogens (tertiary/aromatic N) is 2. The van der Waals surface area contributed by atoms with E-state index in [1.807, 2.05) is 25.1 Å². The van der Waals surface area contributed by atoms with Crippen LogP contribution >= 0.6 is 11.6 Å². The molecule has 0 aliphatic heterocycles. The quantitative estimate of drug-likeness (QED) is 0.345.